The highest BCUT2D eigenvalue weighted by Gasteiger charge is 2.24. The van der Waals surface area contributed by atoms with Crippen molar-refractivity contribution in [2.75, 3.05) is 32.5 Å². The summed E-state index contributed by atoms with van der Waals surface area (Å²) in [6.45, 7) is 0.852. The Kier molecular flexibility index (Phi) is 10.1. The van der Waals surface area contributed by atoms with Crippen LogP contribution in [0.4, 0.5) is 18.6 Å². The van der Waals surface area contributed by atoms with Gasteiger partial charge in [0.1, 0.15) is 23.2 Å². The first-order valence-corrected chi connectivity index (χ1v) is 11.0. The number of aromatic nitrogens is 1. The zero-order valence-electron chi connectivity index (χ0n) is 17.7. The van der Waals surface area contributed by atoms with Crippen LogP contribution >= 0.6 is 23.1 Å². The number of urea groups is 1. The molecule has 1 heterocycles. The molecule has 0 aliphatic rings. The van der Waals surface area contributed by atoms with E-state index < -0.39 is 41.4 Å². The molecule has 1 aromatic carbocycles. The van der Waals surface area contributed by atoms with Crippen LogP contribution in [0.5, 0.6) is 5.88 Å². The minimum Gasteiger partial charge on any atom is -0.477 e. The number of benzene rings is 1. The molecule has 0 spiro atoms. The molecule has 0 radical (unpaired) electrons. The number of carboxylic acid groups (broad SMARTS) is 1. The maximum atomic E-state index is 13.9. The van der Waals surface area contributed by atoms with Gasteiger partial charge in [0.2, 0.25) is 5.88 Å². The summed E-state index contributed by atoms with van der Waals surface area (Å²) in [5.74, 6) is -3.61. The molecule has 32 heavy (non-hydrogen) atoms. The Balaban J connectivity index is 1.90. The lowest BCUT2D eigenvalue weighted by molar-refractivity contribution is 0.0693. The number of aromatic carboxylic acids is 1. The van der Waals surface area contributed by atoms with E-state index in [-0.39, 0.29) is 15.9 Å². The van der Waals surface area contributed by atoms with Crippen LogP contribution < -0.4 is 15.4 Å². The van der Waals surface area contributed by atoms with Crippen molar-refractivity contribution in [3.63, 3.8) is 0 Å². The molecule has 12 heteroatoms. The smallest absolute Gasteiger partial charge is 0.344 e. The Hall–Kier alpha value is -2.50. The summed E-state index contributed by atoms with van der Waals surface area (Å²) in [5.41, 5.74) is -0.819. The zero-order valence-corrected chi connectivity index (χ0v) is 19.3. The van der Waals surface area contributed by atoms with E-state index in [0.717, 1.165) is 44.4 Å². The van der Waals surface area contributed by atoms with Gasteiger partial charge in [0.25, 0.3) is 0 Å². The van der Waals surface area contributed by atoms with Gasteiger partial charge in [-0.25, -0.2) is 18.4 Å². The van der Waals surface area contributed by atoms with E-state index in [4.69, 9.17) is 16.3 Å². The summed E-state index contributed by atoms with van der Waals surface area (Å²) < 4.78 is 36.9. The number of hydrogen-bond donors (Lipinski definition) is 3. The van der Waals surface area contributed by atoms with Crippen molar-refractivity contribution in [2.24, 2.45) is 0 Å². The van der Waals surface area contributed by atoms with Crippen molar-refractivity contribution < 1.29 is 28.2 Å². The molecule has 0 saturated carbocycles. The highest BCUT2D eigenvalue weighted by atomic mass is 35.5. The Bertz CT molecular complexity index is 919. The fourth-order valence-electron chi connectivity index (χ4n) is 2.75. The summed E-state index contributed by atoms with van der Waals surface area (Å²) in [6.07, 6.45) is 3.89. The number of nitrogens with zero attached hydrogens (tertiary/aromatic N) is 2. The number of nitrogens with one attached hydrogen (secondary N) is 2. The molecular formula is C20H25ClF2N4O4S. The van der Waals surface area contributed by atoms with E-state index in [1.807, 2.05) is 14.1 Å². The van der Waals surface area contributed by atoms with Crippen molar-refractivity contribution in [3.05, 3.63) is 39.9 Å². The Morgan fingerprint density at radius 3 is 2.47 bits per heavy atom. The van der Waals surface area contributed by atoms with Crippen LogP contribution in [0.2, 0.25) is 5.02 Å². The van der Waals surface area contributed by atoms with Gasteiger partial charge >= 0.3 is 12.0 Å². The number of carbonyl (C=O) groups excluding carboxylic acids is 1. The van der Waals surface area contributed by atoms with Crippen LogP contribution in [0.1, 0.15) is 41.6 Å². The molecule has 0 unspecified atom stereocenters. The summed E-state index contributed by atoms with van der Waals surface area (Å²) in [7, 11) is 4.03. The van der Waals surface area contributed by atoms with E-state index in [9.17, 15) is 23.5 Å². The van der Waals surface area contributed by atoms with E-state index in [0.29, 0.717) is 18.1 Å². The highest BCUT2D eigenvalue weighted by Crippen LogP contribution is 2.31. The fraction of sp³-hybridized carbons (Fsp3) is 0.450. The van der Waals surface area contributed by atoms with Gasteiger partial charge < -0.3 is 20.1 Å². The minimum absolute atomic E-state index is 0.0481. The van der Waals surface area contributed by atoms with E-state index in [1.54, 1.807) is 0 Å². The van der Waals surface area contributed by atoms with Gasteiger partial charge in [-0.3, -0.25) is 5.32 Å². The van der Waals surface area contributed by atoms with Gasteiger partial charge in [0, 0.05) is 11.6 Å². The van der Waals surface area contributed by atoms with E-state index in [1.165, 1.54) is 0 Å². The lowest BCUT2D eigenvalue weighted by Crippen LogP contribution is -2.29. The van der Waals surface area contributed by atoms with Crippen molar-refractivity contribution in [2.45, 2.75) is 32.3 Å². The number of hydrogen-bond acceptors (Lipinski definition) is 6. The maximum absolute atomic E-state index is 13.9. The first-order chi connectivity index (χ1) is 15.2. The number of amides is 2. The number of carboxylic acids is 1. The van der Waals surface area contributed by atoms with E-state index in [2.05, 4.69) is 19.9 Å². The first kappa shape index (κ1) is 25.8. The van der Waals surface area contributed by atoms with Crippen molar-refractivity contribution in [1.82, 2.24) is 14.6 Å². The molecule has 0 fully saturated rings. The summed E-state index contributed by atoms with van der Waals surface area (Å²) in [5, 5.41) is 14.4. The molecule has 3 N–H and O–H groups in total. The number of anilines is 1. The van der Waals surface area contributed by atoms with Gasteiger partial charge in [0.15, 0.2) is 5.56 Å². The monoisotopic (exact) mass is 490 g/mol. The highest BCUT2D eigenvalue weighted by molar-refractivity contribution is 7.11. The van der Waals surface area contributed by atoms with Gasteiger partial charge in [0.05, 0.1) is 5.56 Å². The molecule has 176 valence electrons. The average Bonchev–Trinajstić information content (AvgIpc) is 3.08. The summed E-state index contributed by atoms with van der Waals surface area (Å²) in [4.78, 5) is 25.8. The molecule has 0 aliphatic carbocycles. The Morgan fingerprint density at radius 2 is 1.84 bits per heavy atom. The molecule has 2 rings (SSSR count). The SMILES string of the molecule is CN(C)CCCCCCNC(=O)Nc1snc(OCc2c(F)cc(Cl)cc2F)c1C(=O)O. The second-order valence-corrected chi connectivity index (χ2v) is 8.44. The first-order valence-electron chi connectivity index (χ1n) is 9.87. The van der Waals surface area contributed by atoms with Gasteiger partial charge in [-0.1, -0.05) is 24.4 Å². The van der Waals surface area contributed by atoms with Crippen LogP contribution in [-0.2, 0) is 6.61 Å². The number of halogens is 3. The number of rotatable bonds is 12. The Morgan fingerprint density at radius 1 is 1.19 bits per heavy atom. The summed E-state index contributed by atoms with van der Waals surface area (Å²) in [6, 6.07) is 1.26. The summed E-state index contributed by atoms with van der Waals surface area (Å²) >= 11 is 6.27. The van der Waals surface area contributed by atoms with Crippen molar-refractivity contribution in [1.29, 1.82) is 0 Å². The van der Waals surface area contributed by atoms with Gasteiger partial charge in [-0.15, -0.1) is 0 Å². The number of carbonyl (C=O) groups is 2. The molecule has 1 aromatic heterocycles. The van der Waals surface area contributed by atoms with Crippen LogP contribution in [0.25, 0.3) is 0 Å². The topological polar surface area (TPSA) is 104 Å². The fourth-order valence-corrected chi connectivity index (χ4v) is 3.67. The third-order valence-corrected chi connectivity index (χ3v) is 5.34. The second-order valence-electron chi connectivity index (χ2n) is 7.23. The van der Waals surface area contributed by atoms with Crippen LogP contribution in [0.15, 0.2) is 12.1 Å². The molecule has 2 amide bonds. The standard InChI is InChI=1S/C20H25ClF2N4O4S/c1-27(2)8-6-4-3-5-7-24-20(30)25-18-16(19(28)29)17(26-32-18)31-11-13-14(22)9-12(21)10-15(13)23/h9-10H,3-8,11H2,1-2H3,(H,28,29)(H2,24,25,30). The molecular weight excluding hydrogens is 466 g/mol. The lowest BCUT2D eigenvalue weighted by atomic mass is 10.2. The Labute approximate surface area is 193 Å². The number of ether oxygens (including phenoxy) is 1. The van der Waals surface area contributed by atoms with Gasteiger partial charge in [-0.2, -0.15) is 4.37 Å². The predicted molar refractivity (Wildman–Crippen MR) is 119 cm³/mol. The van der Waals surface area contributed by atoms with Crippen LogP contribution in [0.3, 0.4) is 0 Å². The molecule has 0 atom stereocenters. The van der Waals surface area contributed by atoms with Crippen LogP contribution in [-0.4, -0.2) is 53.6 Å². The normalized spacial score (nSPS) is 10.9. The molecule has 2 aromatic rings. The van der Waals surface area contributed by atoms with Crippen molar-refractivity contribution >= 4 is 40.1 Å². The molecule has 0 bridgehead atoms. The zero-order chi connectivity index (χ0) is 23.7. The predicted octanol–water partition coefficient (Wildman–Crippen LogP) is 4.60. The molecule has 8 nitrogen and oxygen atoms in total. The average molecular weight is 491 g/mol. The molecule has 0 saturated heterocycles. The van der Waals surface area contributed by atoms with E-state index >= 15 is 0 Å². The quantitative estimate of drug-likeness (QED) is 0.376. The van der Waals surface area contributed by atoms with Crippen LogP contribution in [0, 0.1) is 11.6 Å². The largest absolute Gasteiger partial charge is 0.477 e. The third kappa shape index (κ3) is 7.88. The third-order valence-electron chi connectivity index (χ3n) is 4.38. The second kappa shape index (κ2) is 12.5. The lowest BCUT2D eigenvalue weighted by Gasteiger charge is -2.09. The molecule has 0 aliphatic heterocycles. The van der Waals surface area contributed by atoms with Gasteiger partial charge in [-0.05, 0) is 57.1 Å². The number of unbranched alkanes of at least 4 members (excludes halogenated alkanes) is 3. The maximum Gasteiger partial charge on any atom is 0.344 e. The minimum atomic E-state index is -1.40. The van der Waals surface area contributed by atoms with Crippen molar-refractivity contribution in [3.8, 4) is 5.88 Å².